The molecule has 3 N–H and O–H groups in total. The first-order valence-electron chi connectivity index (χ1n) is 4.48. The highest BCUT2D eigenvalue weighted by Gasteiger charge is 2.12. The predicted molar refractivity (Wildman–Crippen MR) is 51.5 cm³/mol. The zero-order valence-electron chi connectivity index (χ0n) is 7.01. The van der Waals surface area contributed by atoms with Crippen molar-refractivity contribution in [3.05, 3.63) is 0 Å². The lowest BCUT2D eigenvalue weighted by Crippen LogP contribution is -2.25. The Balaban J connectivity index is 1.96. The Morgan fingerprint density at radius 3 is 2.64 bits per heavy atom. The van der Waals surface area contributed by atoms with Gasteiger partial charge in [0.25, 0.3) is 0 Å². The molecule has 0 unspecified atom stereocenters. The number of hydrogen-bond donors (Lipinski definition) is 2. The topological polar surface area (TPSA) is 38.0 Å². The molecule has 1 fully saturated rings. The number of rotatable bonds is 4. The zero-order valence-corrected chi connectivity index (χ0v) is 7.83. The minimum absolute atomic E-state index is 0.928. The maximum absolute atomic E-state index is 5.18. The van der Waals surface area contributed by atoms with E-state index in [-0.39, 0.29) is 0 Å². The van der Waals surface area contributed by atoms with Crippen LogP contribution in [0, 0.1) is 0 Å². The molecule has 1 aliphatic carbocycles. The van der Waals surface area contributed by atoms with E-state index in [4.69, 9.17) is 5.84 Å². The molecule has 3 heteroatoms. The van der Waals surface area contributed by atoms with Crippen LogP contribution < -0.4 is 11.3 Å². The summed E-state index contributed by atoms with van der Waals surface area (Å²) in [5.41, 5.74) is 2.69. The highest BCUT2D eigenvalue weighted by atomic mass is 32.2. The van der Waals surface area contributed by atoms with Gasteiger partial charge < -0.3 is 0 Å². The molecule has 0 atom stereocenters. The molecular formula is C8H18N2S. The van der Waals surface area contributed by atoms with Gasteiger partial charge in [0.15, 0.2) is 0 Å². The summed E-state index contributed by atoms with van der Waals surface area (Å²) in [6.45, 7) is 0.946. The van der Waals surface area contributed by atoms with Crippen LogP contribution in [0.3, 0.4) is 0 Å². The Morgan fingerprint density at radius 2 is 2.00 bits per heavy atom. The number of nitrogens with two attached hydrogens (primary N) is 1. The average Bonchev–Trinajstić information content (AvgIpc) is 2.07. The quantitative estimate of drug-likeness (QED) is 0.385. The smallest absolute Gasteiger partial charge is 0.0188 e. The van der Waals surface area contributed by atoms with Crippen LogP contribution in [0.4, 0.5) is 0 Å². The van der Waals surface area contributed by atoms with Crippen molar-refractivity contribution in [3.8, 4) is 0 Å². The van der Waals surface area contributed by atoms with Crippen LogP contribution in [0.5, 0.6) is 0 Å². The Morgan fingerprint density at radius 1 is 1.27 bits per heavy atom. The molecule has 0 heterocycles. The van der Waals surface area contributed by atoms with Gasteiger partial charge in [0.1, 0.15) is 0 Å². The van der Waals surface area contributed by atoms with E-state index >= 15 is 0 Å². The minimum atomic E-state index is 0.928. The van der Waals surface area contributed by atoms with E-state index in [0.717, 1.165) is 11.8 Å². The van der Waals surface area contributed by atoms with Gasteiger partial charge in [-0.05, 0) is 12.8 Å². The second kappa shape index (κ2) is 5.86. The normalized spacial score (nSPS) is 20.5. The Kier molecular flexibility index (Phi) is 4.99. The van der Waals surface area contributed by atoms with Crippen LogP contribution in [0.2, 0.25) is 0 Å². The molecule has 0 aromatic carbocycles. The molecule has 0 aromatic rings. The van der Waals surface area contributed by atoms with E-state index in [1.807, 2.05) is 0 Å². The van der Waals surface area contributed by atoms with Gasteiger partial charge in [-0.15, -0.1) is 0 Å². The molecule has 1 saturated carbocycles. The highest BCUT2D eigenvalue weighted by Crippen LogP contribution is 2.27. The standard InChI is InChI=1S/C8H18N2S/c9-10-6-7-11-8-4-2-1-3-5-8/h8,10H,1-7,9H2. The average molecular weight is 174 g/mol. The Hall–Kier alpha value is 0.270. The van der Waals surface area contributed by atoms with Gasteiger partial charge in [-0.1, -0.05) is 19.3 Å². The third-order valence-corrected chi connectivity index (χ3v) is 3.53. The second-order valence-electron chi connectivity index (χ2n) is 3.08. The largest absolute Gasteiger partial charge is 0.271 e. The molecule has 66 valence electrons. The van der Waals surface area contributed by atoms with E-state index < -0.39 is 0 Å². The summed E-state index contributed by atoms with van der Waals surface area (Å²) in [5, 5.41) is 0.928. The maximum atomic E-state index is 5.18. The Bertz CT molecular complexity index is 92.1. The second-order valence-corrected chi connectivity index (χ2v) is 4.49. The summed E-state index contributed by atoms with van der Waals surface area (Å²) < 4.78 is 0. The summed E-state index contributed by atoms with van der Waals surface area (Å²) in [6.07, 6.45) is 7.18. The fourth-order valence-corrected chi connectivity index (χ4v) is 2.75. The number of thioether (sulfide) groups is 1. The fraction of sp³-hybridized carbons (Fsp3) is 1.00. The van der Waals surface area contributed by atoms with Crippen LogP contribution in [0.25, 0.3) is 0 Å². The predicted octanol–water partition coefficient (Wildman–Crippen LogP) is 1.52. The van der Waals surface area contributed by atoms with Crippen molar-refractivity contribution in [3.63, 3.8) is 0 Å². The van der Waals surface area contributed by atoms with Crippen LogP contribution in [-0.2, 0) is 0 Å². The van der Waals surface area contributed by atoms with E-state index in [1.165, 1.54) is 37.9 Å². The molecule has 0 saturated heterocycles. The lowest BCUT2D eigenvalue weighted by molar-refractivity contribution is 0.516. The molecule has 0 aliphatic heterocycles. The molecule has 11 heavy (non-hydrogen) atoms. The molecular weight excluding hydrogens is 156 g/mol. The van der Waals surface area contributed by atoms with Crippen LogP contribution >= 0.6 is 11.8 Å². The van der Waals surface area contributed by atoms with Gasteiger partial charge >= 0.3 is 0 Å². The monoisotopic (exact) mass is 174 g/mol. The van der Waals surface area contributed by atoms with Crippen LogP contribution in [0.15, 0.2) is 0 Å². The summed E-state index contributed by atoms with van der Waals surface area (Å²) in [4.78, 5) is 0. The van der Waals surface area contributed by atoms with Crippen molar-refractivity contribution in [1.29, 1.82) is 0 Å². The minimum Gasteiger partial charge on any atom is -0.271 e. The van der Waals surface area contributed by atoms with Gasteiger partial charge in [0.05, 0.1) is 0 Å². The van der Waals surface area contributed by atoms with Gasteiger partial charge in [-0.25, -0.2) is 0 Å². The van der Waals surface area contributed by atoms with E-state index in [1.54, 1.807) is 0 Å². The van der Waals surface area contributed by atoms with Crippen molar-refractivity contribution < 1.29 is 0 Å². The lowest BCUT2D eigenvalue weighted by atomic mass is 10.0. The molecule has 0 radical (unpaired) electrons. The first-order valence-corrected chi connectivity index (χ1v) is 5.53. The third-order valence-electron chi connectivity index (χ3n) is 2.15. The molecule has 2 nitrogen and oxygen atoms in total. The molecule has 1 aliphatic rings. The SMILES string of the molecule is NNCCSC1CCCCC1. The zero-order chi connectivity index (χ0) is 7.94. The van der Waals surface area contributed by atoms with E-state index in [9.17, 15) is 0 Å². The summed E-state index contributed by atoms with van der Waals surface area (Å²) in [6, 6.07) is 0. The molecule has 0 bridgehead atoms. The maximum Gasteiger partial charge on any atom is 0.0188 e. The number of hydrazine groups is 1. The molecule has 0 aromatic heterocycles. The number of hydrogen-bond acceptors (Lipinski definition) is 3. The van der Waals surface area contributed by atoms with Crippen LogP contribution in [-0.4, -0.2) is 17.5 Å². The third kappa shape index (κ3) is 3.99. The van der Waals surface area contributed by atoms with Crippen LogP contribution in [0.1, 0.15) is 32.1 Å². The van der Waals surface area contributed by atoms with Gasteiger partial charge in [-0.2, -0.15) is 11.8 Å². The summed E-state index contributed by atoms with van der Waals surface area (Å²) >= 11 is 2.08. The van der Waals surface area contributed by atoms with E-state index in [0.29, 0.717) is 0 Å². The first-order chi connectivity index (χ1) is 5.43. The highest BCUT2D eigenvalue weighted by molar-refractivity contribution is 7.99. The summed E-state index contributed by atoms with van der Waals surface area (Å²) in [5.74, 6) is 6.35. The van der Waals surface area contributed by atoms with Crippen molar-refractivity contribution in [2.45, 2.75) is 37.4 Å². The summed E-state index contributed by atoms with van der Waals surface area (Å²) in [7, 11) is 0. The molecule has 0 amide bonds. The lowest BCUT2D eigenvalue weighted by Gasteiger charge is -2.20. The van der Waals surface area contributed by atoms with Gasteiger partial charge in [-0.3, -0.25) is 11.3 Å². The Labute approximate surface area is 73.3 Å². The van der Waals surface area contributed by atoms with Crippen molar-refractivity contribution in [2.24, 2.45) is 5.84 Å². The fourth-order valence-electron chi connectivity index (χ4n) is 1.52. The first kappa shape index (κ1) is 9.36. The van der Waals surface area contributed by atoms with E-state index in [2.05, 4.69) is 17.2 Å². The van der Waals surface area contributed by atoms with Gasteiger partial charge in [0, 0.05) is 17.5 Å². The molecule has 1 rings (SSSR count). The molecule has 0 spiro atoms. The van der Waals surface area contributed by atoms with Crippen molar-refractivity contribution >= 4 is 11.8 Å². The van der Waals surface area contributed by atoms with Crippen molar-refractivity contribution in [2.75, 3.05) is 12.3 Å². The number of nitrogens with one attached hydrogen (secondary N) is 1. The van der Waals surface area contributed by atoms with Gasteiger partial charge in [0.2, 0.25) is 0 Å². The van der Waals surface area contributed by atoms with Crippen molar-refractivity contribution in [1.82, 2.24) is 5.43 Å².